The highest BCUT2D eigenvalue weighted by Crippen LogP contribution is 2.49. The smallest absolute Gasteiger partial charge is 0.296 e. The van der Waals surface area contributed by atoms with Gasteiger partial charge in [0.15, 0.2) is 11.5 Å². The summed E-state index contributed by atoms with van der Waals surface area (Å²) in [5.74, 6) is -0.00734. The molecule has 1 fully saturated rings. The van der Waals surface area contributed by atoms with Crippen molar-refractivity contribution in [1.29, 1.82) is 0 Å². The monoisotopic (exact) mass is 491 g/mol. The number of amides is 1. The number of anilines is 1. The van der Waals surface area contributed by atoms with E-state index in [0.29, 0.717) is 32.2 Å². The predicted octanol–water partition coefficient (Wildman–Crippen LogP) is 5.54. The molecule has 1 amide bonds. The Kier molecular flexibility index (Phi) is 5.76. The molecule has 0 N–H and O–H groups in total. The molecule has 32 heavy (non-hydrogen) atoms. The maximum Gasteiger partial charge on any atom is 0.296 e. The largest absolute Gasteiger partial charge is 0.483 e. The van der Waals surface area contributed by atoms with Crippen molar-refractivity contribution in [3.63, 3.8) is 0 Å². The lowest BCUT2D eigenvalue weighted by Crippen LogP contribution is -2.39. The van der Waals surface area contributed by atoms with Crippen molar-refractivity contribution in [2.24, 2.45) is 11.8 Å². The second-order valence-corrected chi connectivity index (χ2v) is 10.8. The number of benzene rings is 1. The molecule has 2 aliphatic heterocycles. The van der Waals surface area contributed by atoms with E-state index in [1.165, 1.54) is 11.3 Å². The van der Waals surface area contributed by atoms with Crippen LogP contribution in [0.4, 0.5) is 5.13 Å². The molecular formula is C23H23Cl2N3O3S. The summed E-state index contributed by atoms with van der Waals surface area (Å²) < 4.78 is 6.19. The number of carbonyl (C=O) groups is 2. The molecule has 0 saturated heterocycles. The van der Waals surface area contributed by atoms with Gasteiger partial charge in [-0.15, -0.1) is 10.2 Å². The Balaban J connectivity index is 1.62. The summed E-state index contributed by atoms with van der Waals surface area (Å²) in [6.45, 7) is 4.21. The van der Waals surface area contributed by atoms with E-state index < -0.39 is 6.04 Å². The number of Topliss-reactive ketones (excluding diaryl/α,β-unsaturated/α-hetero) is 1. The molecule has 0 spiro atoms. The molecular weight excluding hydrogens is 469 g/mol. The summed E-state index contributed by atoms with van der Waals surface area (Å²) in [6.07, 6.45) is 4.08. The first-order valence-electron chi connectivity index (χ1n) is 10.9. The van der Waals surface area contributed by atoms with Gasteiger partial charge in [0.25, 0.3) is 5.91 Å². The molecule has 1 aromatic carbocycles. The number of rotatable bonds is 4. The number of fused-ring (bicyclic) bond motifs is 1. The molecule has 2 aromatic rings. The van der Waals surface area contributed by atoms with E-state index in [9.17, 15) is 9.59 Å². The molecule has 168 valence electrons. The number of hydrogen-bond donors (Lipinski definition) is 0. The van der Waals surface area contributed by atoms with Crippen molar-refractivity contribution in [3.8, 4) is 0 Å². The second kappa shape index (κ2) is 8.43. The van der Waals surface area contributed by atoms with E-state index >= 15 is 0 Å². The lowest BCUT2D eigenvalue weighted by atomic mass is 9.77. The molecule has 1 aromatic heterocycles. The number of ether oxygens (including phenoxy) is 1. The van der Waals surface area contributed by atoms with Crippen LogP contribution >= 0.6 is 34.5 Å². The topological polar surface area (TPSA) is 72.4 Å². The fourth-order valence-electron chi connectivity index (χ4n) is 4.81. The Hall–Kier alpha value is -1.96. The summed E-state index contributed by atoms with van der Waals surface area (Å²) >= 11 is 13.8. The molecule has 1 saturated carbocycles. The zero-order chi connectivity index (χ0) is 22.6. The molecule has 0 radical (unpaired) electrons. The highest BCUT2D eigenvalue weighted by atomic mass is 35.5. The van der Waals surface area contributed by atoms with Crippen LogP contribution in [0, 0.1) is 11.8 Å². The zero-order valence-corrected chi connectivity index (χ0v) is 20.1. The number of halogens is 2. The summed E-state index contributed by atoms with van der Waals surface area (Å²) in [7, 11) is 0. The SMILES string of the molecule is CC(C)Cc1nnc(N2C(=O)C3=C(C(=O)C4CCCCC4O3)C2c2ccc(Cl)c(Cl)c2)s1. The maximum atomic E-state index is 13.6. The molecule has 3 heterocycles. The highest BCUT2D eigenvalue weighted by Gasteiger charge is 2.53. The van der Waals surface area contributed by atoms with Crippen LogP contribution in [0.2, 0.25) is 10.0 Å². The van der Waals surface area contributed by atoms with Crippen molar-refractivity contribution in [1.82, 2.24) is 10.2 Å². The number of ketones is 1. The van der Waals surface area contributed by atoms with Gasteiger partial charge in [0.1, 0.15) is 11.1 Å². The van der Waals surface area contributed by atoms with Crippen molar-refractivity contribution in [2.75, 3.05) is 4.90 Å². The van der Waals surface area contributed by atoms with Crippen molar-refractivity contribution in [3.05, 3.63) is 50.1 Å². The van der Waals surface area contributed by atoms with Gasteiger partial charge >= 0.3 is 0 Å². The molecule has 1 aliphatic carbocycles. The molecule has 6 nitrogen and oxygen atoms in total. The third-order valence-electron chi connectivity index (χ3n) is 6.27. The van der Waals surface area contributed by atoms with Crippen LogP contribution in [0.25, 0.3) is 0 Å². The van der Waals surface area contributed by atoms with Crippen LogP contribution in [0.1, 0.15) is 56.1 Å². The Bertz CT molecular complexity index is 1130. The normalized spacial score (nSPS) is 25.3. The molecule has 5 rings (SSSR count). The zero-order valence-electron chi connectivity index (χ0n) is 17.8. The highest BCUT2D eigenvalue weighted by molar-refractivity contribution is 7.15. The van der Waals surface area contributed by atoms with Gasteiger partial charge in [-0.2, -0.15) is 0 Å². The summed E-state index contributed by atoms with van der Waals surface area (Å²) in [6, 6.07) is 4.52. The number of aromatic nitrogens is 2. The van der Waals surface area contributed by atoms with E-state index in [1.807, 2.05) is 0 Å². The third kappa shape index (κ3) is 3.64. The lowest BCUT2D eigenvalue weighted by Gasteiger charge is -2.35. The van der Waals surface area contributed by atoms with Crippen LogP contribution in [0.15, 0.2) is 29.5 Å². The minimum atomic E-state index is -0.664. The third-order valence-corrected chi connectivity index (χ3v) is 7.95. The maximum absolute atomic E-state index is 13.6. The minimum absolute atomic E-state index is 0.00482. The second-order valence-electron chi connectivity index (χ2n) is 8.98. The van der Waals surface area contributed by atoms with Crippen LogP contribution in [0.3, 0.4) is 0 Å². The van der Waals surface area contributed by atoms with Gasteiger partial charge < -0.3 is 4.74 Å². The van der Waals surface area contributed by atoms with Gasteiger partial charge in [-0.3, -0.25) is 14.5 Å². The minimum Gasteiger partial charge on any atom is -0.483 e. The van der Waals surface area contributed by atoms with E-state index in [0.717, 1.165) is 37.1 Å². The van der Waals surface area contributed by atoms with Crippen molar-refractivity contribution >= 4 is 51.4 Å². The first kappa shape index (κ1) is 21.9. The van der Waals surface area contributed by atoms with Crippen LogP contribution in [-0.2, 0) is 20.7 Å². The number of nitrogens with zero attached hydrogens (tertiary/aromatic N) is 3. The molecule has 3 unspecified atom stereocenters. The van der Waals surface area contributed by atoms with Crippen LogP contribution in [-0.4, -0.2) is 28.0 Å². The Morgan fingerprint density at radius 3 is 2.69 bits per heavy atom. The average Bonchev–Trinajstić information content (AvgIpc) is 3.32. The van der Waals surface area contributed by atoms with Gasteiger partial charge in [0, 0.05) is 6.42 Å². The predicted molar refractivity (Wildman–Crippen MR) is 124 cm³/mol. The number of hydrogen-bond acceptors (Lipinski definition) is 6. The fraction of sp³-hybridized carbons (Fsp3) is 0.478. The van der Waals surface area contributed by atoms with Crippen LogP contribution < -0.4 is 4.90 Å². The standard InChI is InChI=1S/C23H23Cl2N3O3S/c1-11(2)9-17-26-27-23(32-17)28-19(12-7-8-14(24)15(25)10-12)18-20(29)13-5-3-4-6-16(13)31-21(18)22(28)30/h7-8,10-11,13,16,19H,3-6,9H2,1-2H3. The quantitative estimate of drug-likeness (QED) is 0.560. The Labute approximate surface area is 200 Å². The number of carbonyl (C=O) groups excluding carboxylic acids is 2. The van der Waals surface area contributed by atoms with E-state index in [2.05, 4.69) is 24.0 Å². The Morgan fingerprint density at radius 1 is 1.16 bits per heavy atom. The van der Waals surface area contributed by atoms with Gasteiger partial charge in [-0.25, -0.2) is 0 Å². The summed E-state index contributed by atoms with van der Waals surface area (Å²) in [5.41, 5.74) is 1.10. The van der Waals surface area contributed by atoms with Crippen molar-refractivity contribution < 1.29 is 14.3 Å². The first-order chi connectivity index (χ1) is 15.3. The van der Waals surface area contributed by atoms with E-state index in [4.69, 9.17) is 27.9 Å². The first-order valence-corrected chi connectivity index (χ1v) is 12.5. The van der Waals surface area contributed by atoms with E-state index in [1.54, 1.807) is 23.1 Å². The summed E-state index contributed by atoms with van der Waals surface area (Å²) in [4.78, 5) is 28.8. The van der Waals surface area contributed by atoms with Gasteiger partial charge in [-0.1, -0.05) is 60.9 Å². The van der Waals surface area contributed by atoms with E-state index in [-0.39, 0.29) is 29.5 Å². The van der Waals surface area contributed by atoms with Gasteiger partial charge in [-0.05, 0) is 42.9 Å². The van der Waals surface area contributed by atoms with Crippen LogP contribution in [0.5, 0.6) is 0 Å². The average molecular weight is 492 g/mol. The molecule has 3 atom stereocenters. The molecule has 0 bridgehead atoms. The lowest BCUT2D eigenvalue weighted by molar-refractivity contribution is -0.131. The Morgan fingerprint density at radius 2 is 1.94 bits per heavy atom. The van der Waals surface area contributed by atoms with Gasteiger partial charge in [0.2, 0.25) is 5.13 Å². The van der Waals surface area contributed by atoms with Crippen molar-refractivity contribution in [2.45, 2.75) is 58.1 Å². The van der Waals surface area contributed by atoms with Gasteiger partial charge in [0.05, 0.1) is 27.6 Å². The summed E-state index contributed by atoms with van der Waals surface area (Å²) in [5, 5.41) is 10.7. The fourth-order valence-corrected chi connectivity index (χ4v) is 6.20. The molecule has 9 heteroatoms. The molecule has 3 aliphatic rings.